The number of nitrogens with zero attached hydrogens (tertiary/aromatic N) is 1. The standard InChI is InChI=1S/C22H34N2O3S/c1-17-14-19(23-28(26)21(2,3)4)22(15-17)10-12-24(13-11-22)20(25)27-16-18-8-6-5-7-9-18/h5-9,17,19,23H,10-16H2,1-4H3/t17-,19+,28+/m0/s1. The lowest BCUT2D eigenvalue weighted by Gasteiger charge is -2.43. The van der Waals surface area contributed by atoms with Crippen LogP contribution >= 0.6 is 0 Å². The van der Waals surface area contributed by atoms with Gasteiger partial charge in [0.2, 0.25) is 0 Å². The van der Waals surface area contributed by atoms with Crippen LogP contribution < -0.4 is 4.72 Å². The minimum Gasteiger partial charge on any atom is -0.598 e. The predicted molar refractivity (Wildman–Crippen MR) is 113 cm³/mol. The van der Waals surface area contributed by atoms with Crippen LogP contribution in [0.3, 0.4) is 0 Å². The highest BCUT2D eigenvalue weighted by Crippen LogP contribution is 2.49. The van der Waals surface area contributed by atoms with Crippen LogP contribution in [0.4, 0.5) is 4.79 Å². The third kappa shape index (κ3) is 5.02. The number of ether oxygens (including phenoxy) is 1. The number of amides is 1. The lowest BCUT2D eigenvalue weighted by molar-refractivity contribution is 0.0551. The Hall–Kier alpha value is -1.24. The molecule has 1 aromatic carbocycles. The Kier molecular flexibility index (Phi) is 6.62. The van der Waals surface area contributed by atoms with Crippen LogP contribution in [-0.2, 0) is 22.7 Å². The number of benzene rings is 1. The average molecular weight is 407 g/mol. The van der Waals surface area contributed by atoms with Crippen molar-refractivity contribution in [3.05, 3.63) is 35.9 Å². The topological polar surface area (TPSA) is 64.6 Å². The Balaban J connectivity index is 1.55. The van der Waals surface area contributed by atoms with E-state index < -0.39 is 11.4 Å². The second kappa shape index (κ2) is 8.64. The Labute approximate surface area is 172 Å². The van der Waals surface area contributed by atoms with Crippen LogP contribution in [0, 0.1) is 11.3 Å². The van der Waals surface area contributed by atoms with Crippen LogP contribution in [0.5, 0.6) is 0 Å². The summed E-state index contributed by atoms with van der Waals surface area (Å²) in [7, 11) is 0. The monoisotopic (exact) mass is 406 g/mol. The molecule has 1 spiro atoms. The van der Waals surface area contributed by atoms with Gasteiger partial charge in [0, 0.05) is 24.5 Å². The van der Waals surface area contributed by atoms with Gasteiger partial charge in [-0.05, 0) is 63.4 Å². The SMILES string of the molecule is C[C@H]1C[C@@H](N[S@+]([O-])C(C)(C)C)C2(CCN(C(=O)OCc3ccccc3)CC2)C1. The van der Waals surface area contributed by atoms with Gasteiger partial charge >= 0.3 is 6.09 Å². The number of carbonyl (C=O) groups excluding carboxylic acids is 1. The Morgan fingerprint density at radius 3 is 2.54 bits per heavy atom. The fourth-order valence-corrected chi connectivity index (χ4v) is 5.51. The second-order valence-corrected chi connectivity index (χ2v) is 11.5. The molecule has 1 aromatic rings. The van der Waals surface area contributed by atoms with Crippen molar-refractivity contribution >= 4 is 17.5 Å². The summed E-state index contributed by atoms with van der Waals surface area (Å²) in [4.78, 5) is 14.3. The minimum atomic E-state index is -1.07. The smallest absolute Gasteiger partial charge is 0.410 e. The van der Waals surface area contributed by atoms with Gasteiger partial charge < -0.3 is 14.2 Å². The molecule has 0 aromatic heterocycles. The van der Waals surface area contributed by atoms with E-state index >= 15 is 0 Å². The average Bonchev–Trinajstić information content (AvgIpc) is 2.95. The highest BCUT2D eigenvalue weighted by molar-refractivity contribution is 7.90. The number of hydrogen-bond acceptors (Lipinski definition) is 4. The molecular weight excluding hydrogens is 372 g/mol. The zero-order chi connectivity index (χ0) is 20.4. The Bertz CT molecular complexity index is 653. The molecule has 5 nitrogen and oxygen atoms in total. The maximum absolute atomic E-state index is 12.7. The molecule has 3 rings (SSSR count). The quantitative estimate of drug-likeness (QED) is 0.759. The van der Waals surface area contributed by atoms with E-state index in [4.69, 9.17) is 4.74 Å². The molecule has 3 atom stereocenters. The van der Waals surface area contributed by atoms with E-state index in [9.17, 15) is 9.35 Å². The lowest BCUT2D eigenvalue weighted by Crippen LogP contribution is -2.53. The summed E-state index contributed by atoms with van der Waals surface area (Å²) in [6.07, 6.45) is 3.85. The van der Waals surface area contributed by atoms with Gasteiger partial charge in [0.05, 0.1) is 6.04 Å². The van der Waals surface area contributed by atoms with Crippen molar-refractivity contribution in [2.75, 3.05) is 13.1 Å². The maximum Gasteiger partial charge on any atom is 0.410 e. The Morgan fingerprint density at radius 2 is 1.93 bits per heavy atom. The first-order valence-electron chi connectivity index (χ1n) is 10.3. The molecule has 1 aliphatic carbocycles. The third-order valence-electron chi connectivity index (χ3n) is 6.16. The van der Waals surface area contributed by atoms with Crippen LogP contribution in [0.1, 0.15) is 58.9 Å². The van der Waals surface area contributed by atoms with Gasteiger partial charge in [-0.1, -0.05) is 37.3 Å². The van der Waals surface area contributed by atoms with Crippen LogP contribution in [0.25, 0.3) is 0 Å². The molecule has 0 bridgehead atoms. The summed E-state index contributed by atoms with van der Waals surface area (Å²) in [5.74, 6) is 0.617. The first-order valence-corrected chi connectivity index (χ1v) is 11.5. The number of likely N-dealkylation sites (tertiary alicyclic amines) is 1. The van der Waals surface area contributed by atoms with Gasteiger partial charge in [0.15, 0.2) is 0 Å². The molecule has 1 amide bonds. The molecule has 1 N–H and O–H groups in total. The normalized spacial score (nSPS) is 25.7. The summed E-state index contributed by atoms with van der Waals surface area (Å²) in [6, 6.07) is 10.0. The van der Waals surface area contributed by atoms with Crippen LogP contribution in [-0.4, -0.2) is 39.4 Å². The van der Waals surface area contributed by atoms with Gasteiger partial charge in [-0.3, -0.25) is 0 Å². The van der Waals surface area contributed by atoms with E-state index in [2.05, 4.69) is 11.6 Å². The number of rotatable bonds is 4. The largest absolute Gasteiger partial charge is 0.598 e. The zero-order valence-electron chi connectivity index (χ0n) is 17.6. The molecule has 2 fully saturated rings. The van der Waals surface area contributed by atoms with Crippen molar-refractivity contribution in [2.45, 2.75) is 70.8 Å². The molecular formula is C22H34N2O3S. The number of hydrogen-bond donors (Lipinski definition) is 1. The van der Waals surface area contributed by atoms with Crippen molar-refractivity contribution in [3.63, 3.8) is 0 Å². The van der Waals surface area contributed by atoms with E-state index in [1.165, 1.54) is 0 Å². The van der Waals surface area contributed by atoms with Gasteiger partial charge in [0.1, 0.15) is 11.4 Å². The minimum absolute atomic E-state index is 0.135. The van der Waals surface area contributed by atoms with E-state index in [-0.39, 0.29) is 22.3 Å². The molecule has 6 heteroatoms. The lowest BCUT2D eigenvalue weighted by atomic mass is 9.74. The molecule has 0 radical (unpaired) electrons. The predicted octanol–water partition coefficient (Wildman–Crippen LogP) is 4.26. The molecule has 1 saturated heterocycles. The molecule has 2 aliphatic rings. The van der Waals surface area contributed by atoms with Gasteiger partial charge in [-0.2, -0.15) is 0 Å². The molecule has 28 heavy (non-hydrogen) atoms. The van der Waals surface area contributed by atoms with Crippen molar-refractivity contribution < 1.29 is 14.1 Å². The van der Waals surface area contributed by atoms with Crippen molar-refractivity contribution in [1.29, 1.82) is 0 Å². The highest BCUT2D eigenvalue weighted by atomic mass is 32.2. The third-order valence-corrected chi connectivity index (χ3v) is 7.77. The molecule has 156 valence electrons. The first kappa shape index (κ1) is 21.5. The molecule has 1 saturated carbocycles. The van der Waals surface area contributed by atoms with Gasteiger partial charge in [-0.15, -0.1) is 4.72 Å². The van der Waals surface area contributed by atoms with Gasteiger partial charge in [0.25, 0.3) is 0 Å². The number of piperidine rings is 1. The van der Waals surface area contributed by atoms with Crippen LogP contribution in [0.15, 0.2) is 30.3 Å². The van der Waals surface area contributed by atoms with E-state index in [0.717, 1.165) is 31.2 Å². The summed E-state index contributed by atoms with van der Waals surface area (Å²) >= 11 is -1.07. The Morgan fingerprint density at radius 1 is 1.29 bits per heavy atom. The number of nitrogens with one attached hydrogen (secondary N) is 1. The van der Waals surface area contributed by atoms with Gasteiger partial charge in [-0.25, -0.2) is 4.79 Å². The summed E-state index contributed by atoms with van der Waals surface area (Å²) in [6.45, 7) is 10.0. The van der Waals surface area contributed by atoms with E-state index in [1.807, 2.05) is 56.0 Å². The van der Waals surface area contributed by atoms with E-state index in [0.29, 0.717) is 25.6 Å². The maximum atomic E-state index is 12.7. The molecule has 1 aliphatic heterocycles. The second-order valence-electron chi connectivity index (χ2n) is 9.49. The van der Waals surface area contributed by atoms with Crippen molar-refractivity contribution in [2.24, 2.45) is 11.3 Å². The number of carbonyl (C=O) groups is 1. The molecule has 1 heterocycles. The summed E-state index contributed by atoms with van der Waals surface area (Å²) in [5.41, 5.74) is 1.14. The summed E-state index contributed by atoms with van der Waals surface area (Å²) < 4.78 is 21.3. The van der Waals surface area contributed by atoms with E-state index in [1.54, 1.807) is 0 Å². The van der Waals surface area contributed by atoms with Crippen molar-refractivity contribution in [1.82, 2.24) is 9.62 Å². The fraction of sp³-hybridized carbons (Fsp3) is 0.682. The molecule has 0 unspecified atom stereocenters. The van der Waals surface area contributed by atoms with Crippen LogP contribution in [0.2, 0.25) is 0 Å². The first-order chi connectivity index (χ1) is 13.2. The fourth-order valence-electron chi connectivity index (χ4n) is 4.55. The summed E-state index contributed by atoms with van der Waals surface area (Å²) in [5, 5.41) is 0. The van der Waals surface area contributed by atoms with Crippen molar-refractivity contribution in [3.8, 4) is 0 Å². The zero-order valence-corrected chi connectivity index (χ0v) is 18.4. The highest BCUT2D eigenvalue weighted by Gasteiger charge is 2.50.